The van der Waals surface area contributed by atoms with Gasteiger partial charge in [-0.3, -0.25) is 4.79 Å². The van der Waals surface area contributed by atoms with Crippen molar-refractivity contribution in [1.29, 1.82) is 0 Å². The predicted molar refractivity (Wildman–Crippen MR) is 107 cm³/mol. The van der Waals surface area contributed by atoms with Crippen LogP contribution in [0.15, 0.2) is 60.7 Å². The number of rotatable bonds is 6. The van der Waals surface area contributed by atoms with Crippen LogP contribution in [0.1, 0.15) is 24.5 Å². The maximum Gasteiger partial charge on any atom is 0.430 e. The molecular formula is C22H22N2O7. The van der Waals surface area contributed by atoms with Gasteiger partial charge >= 0.3 is 18.2 Å². The molecule has 2 aromatic carbocycles. The van der Waals surface area contributed by atoms with Gasteiger partial charge in [0.15, 0.2) is 5.78 Å². The Morgan fingerprint density at radius 1 is 0.968 bits per heavy atom. The number of amides is 2. The summed E-state index contributed by atoms with van der Waals surface area (Å²) in [5.41, 5.74) is 1.57. The van der Waals surface area contributed by atoms with Crippen LogP contribution >= 0.6 is 0 Å². The van der Waals surface area contributed by atoms with E-state index in [2.05, 4.69) is 5.43 Å². The maximum absolute atomic E-state index is 12.8. The summed E-state index contributed by atoms with van der Waals surface area (Å²) < 4.78 is 15.3. The number of ketones is 1. The lowest BCUT2D eigenvalue weighted by Crippen LogP contribution is -2.65. The molecule has 0 unspecified atom stereocenters. The van der Waals surface area contributed by atoms with Crippen LogP contribution in [-0.2, 0) is 37.0 Å². The lowest BCUT2D eigenvalue weighted by atomic mass is 9.92. The normalized spacial score (nSPS) is 17.4. The molecule has 31 heavy (non-hydrogen) atoms. The molecule has 9 heteroatoms. The van der Waals surface area contributed by atoms with Gasteiger partial charge in [0.1, 0.15) is 13.2 Å². The van der Waals surface area contributed by atoms with Crippen LogP contribution < -0.4 is 5.43 Å². The van der Waals surface area contributed by atoms with Crippen molar-refractivity contribution in [2.24, 2.45) is 0 Å². The SMILES string of the molecule is CC(=O)[C@@]1(N(NC(=O)OCc2ccccc2)C(=O)OCc2ccccc2)CCOC1=O. The largest absolute Gasteiger partial charge is 0.463 e. The number of hydrogen-bond acceptors (Lipinski definition) is 7. The molecule has 0 spiro atoms. The molecule has 9 nitrogen and oxygen atoms in total. The van der Waals surface area contributed by atoms with E-state index in [1.54, 1.807) is 54.6 Å². The average Bonchev–Trinajstić information content (AvgIpc) is 3.18. The summed E-state index contributed by atoms with van der Waals surface area (Å²) in [7, 11) is 0. The highest BCUT2D eigenvalue weighted by atomic mass is 16.6. The summed E-state index contributed by atoms with van der Waals surface area (Å²) in [6.07, 6.45) is -2.24. The number of hydrazine groups is 1. The van der Waals surface area contributed by atoms with Gasteiger partial charge in [0.05, 0.1) is 6.61 Å². The Balaban J connectivity index is 1.76. The van der Waals surface area contributed by atoms with E-state index in [1.807, 2.05) is 6.07 Å². The second-order valence-electron chi connectivity index (χ2n) is 6.85. The van der Waals surface area contributed by atoms with Crippen LogP contribution in [0.5, 0.6) is 0 Å². The number of ether oxygens (including phenoxy) is 3. The molecule has 1 saturated heterocycles. The van der Waals surface area contributed by atoms with Crippen LogP contribution in [0.4, 0.5) is 9.59 Å². The lowest BCUT2D eigenvalue weighted by molar-refractivity contribution is -0.153. The van der Waals surface area contributed by atoms with Gasteiger partial charge in [0.2, 0.25) is 5.54 Å². The van der Waals surface area contributed by atoms with Gasteiger partial charge < -0.3 is 14.2 Å². The Morgan fingerprint density at radius 3 is 2.00 bits per heavy atom. The minimum Gasteiger partial charge on any atom is -0.463 e. The van der Waals surface area contributed by atoms with Gasteiger partial charge in [-0.25, -0.2) is 19.8 Å². The lowest BCUT2D eigenvalue weighted by Gasteiger charge is -2.34. The van der Waals surface area contributed by atoms with Gasteiger partial charge in [-0.1, -0.05) is 60.7 Å². The van der Waals surface area contributed by atoms with Gasteiger partial charge in [0.25, 0.3) is 0 Å². The second-order valence-corrected chi connectivity index (χ2v) is 6.85. The first kappa shape index (κ1) is 21.8. The highest BCUT2D eigenvalue weighted by Gasteiger charge is 2.57. The molecule has 0 radical (unpaired) electrons. The molecule has 1 aliphatic rings. The molecule has 1 aliphatic heterocycles. The summed E-state index contributed by atoms with van der Waals surface area (Å²) in [6.45, 7) is 0.861. The van der Waals surface area contributed by atoms with Crippen molar-refractivity contribution in [1.82, 2.24) is 10.4 Å². The van der Waals surface area contributed by atoms with Crippen LogP contribution in [0, 0.1) is 0 Å². The van der Waals surface area contributed by atoms with Crippen LogP contribution in [-0.4, -0.2) is 41.1 Å². The number of nitrogens with one attached hydrogen (secondary N) is 1. The molecule has 1 heterocycles. The topological polar surface area (TPSA) is 111 Å². The molecular weight excluding hydrogens is 404 g/mol. The molecule has 0 saturated carbocycles. The number of cyclic esters (lactones) is 1. The zero-order chi connectivity index (χ0) is 22.3. The average molecular weight is 426 g/mol. The fraction of sp³-hybridized carbons (Fsp3) is 0.273. The smallest absolute Gasteiger partial charge is 0.430 e. The van der Waals surface area contributed by atoms with Crippen molar-refractivity contribution in [2.45, 2.75) is 32.1 Å². The summed E-state index contributed by atoms with van der Waals surface area (Å²) in [6, 6.07) is 17.7. The number of carbonyl (C=O) groups excluding carboxylic acids is 4. The monoisotopic (exact) mass is 426 g/mol. The fourth-order valence-electron chi connectivity index (χ4n) is 3.12. The minimum atomic E-state index is -2.03. The Hall–Kier alpha value is -3.88. The van der Waals surface area contributed by atoms with Crippen LogP contribution in [0.2, 0.25) is 0 Å². The third-order valence-corrected chi connectivity index (χ3v) is 4.80. The van der Waals surface area contributed by atoms with Gasteiger partial charge in [-0.05, 0) is 18.1 Å². The van der Waals surface area contributed by atoms with E-state index < -0.39 is 29.5 Å². The molecule has 0 aliphatic carbocycles. The van der Waals surface area contributed by atoms with Crippen molar-refractivity contribution in [3.8, 4) is 0 Å². The quantitative estimate of drug-likeness (QED) is 0.327. The Morgan fingerprint density at radius 2 is 1.52 bits per heavy atom. The molecule has 0 aromatic heterocycles. The summed E-state index contributed by atoms with van der Waals surface area (Å²) >= 11 is 0. The van der Waals surface area contributed by atoms with E-state index >= 15 is 0 Å². The highest BCUT2D eigenvalue weighted by molar-refractivity contribution is 6.10. The molecule has 3 rings (SSSR count). The summed E-state index contributed by atoms with van der Waals surface area (Å²) in [5, 5.41) is 0.570. The highest BCUT2D eigenvalue weighted by Crippen LogP contribution is 2.28. The number of nitrogens with zero attached hydrogens (tertiary/aromatic N) is 1. The van der Waals surface area contributed by atoms with E-state index in [4.69, 9.17) is 14.2 Å². The Labute approximate surface area is 178 Å². The number of hydrogen-bond donors (Lipinski definition) is 1. The third kappa shape index (κ3) is 5.00. The first-order valence-electron chi connectivity index (χ1n) is 9.60. The maximum atomic E-state index is 12.8. The molecule has 2 amide bonds. The fourth-order valence-corrected chi connectivity index (χ4v) is 3.12. The van der Waals surface area contributed by atoms with Gasteiger partial charge in [-0.2, -0.15) is 5.01 Å². The first-order chi connectivity index (χ1) is 14.9. The standard InChI is InChI=1S/C22H22N2O7/c1-16(25)22(12-13-29-19(22)26)24(21(28)31-15-18-10-6-3-7-11-18)23-20(27)30-14-17-8-4-2-5-9-17/h2-11H,12-15H2,1H3,(H,23,27)/t22-/m0/s1. The predicted octanol–water partition coefficient (Wildman–Crippen LogP) is 2.74. The van der Waals surface area contributed by atoms with E-state index in [0.717, 1.165) is 12.5 Å². The summed E-state index contributed by atoms with van der Waals surface area (Å²) in [5.74, 6) is -1.62. The molecule has 1 atom stereocenters. The minimum absolute atomic E-state index is 0.0723. The van der Waals surface area contributed by atoms with Crippen molar-refractivity contribution in [3.05, 3.63) is 71.8 Å². The van der Waals surface area contributed by atoms with Crippen molar-refractivity contribution >= 4 is 23.9 Å². The van der Waals surface area contributed by atoms with Crippen molar-refractivity contribution in [2.75, 3.05) is 6.61 Å². The molecule has 1 N–H and O–H groups in total. The van der Waals surface area contributed by atoms with Crippen LogP contribution in [0.3, 0.4) is 0 Å². The van der Waals surface area contributed by atoms with Crippen LogP contribution in [0.25, 0.3) is 0 Å². The Kier molecular flexibility index (Phi) is 6.86. The zero-order valence-electron chi connectivity index (χ0n) is 16.9. The van der Waals surface area contributed by atoms with E-state index in [1.165, 1.54) is 0 Å². The van der Waals surface area contributed by atoms with E-state index in [-0.39, 0.29) is 26.2 Å². The molecule has 2 aromatic rings. The number of carbonyl (C=O) groups is 4. The Bertz CT molecular complexity index is 949. The number of benzene rings is 2. The van der Waals surface area contributed by atoms with E-state index in [9.17, 15) is 19.2 Å². The number of esters is 1. The number of Topliss-reactive ketones (excluding diaryl/α,β-unsaturated/α-hetero) is 1. The van der Waals surface area contributed by atoms with Gasteiger partial charge in [0, 0.05) is 6.42 Å². The summed E-state index contributed by atoms with van der Waals surface area (Å²) in [4.78, 5) is 50.1. The third-order valence-electron chi connectivity index (χ3n) is 4.80. The molecule has 162 valence electrons. The first-order valence-corrected chi connectivity index (χ1v) is 9.60. The van der Waals surface area contributed by atoms with Gasteiger partial charge in [-0.15, -0.1) is 0 Å². The molecule has 0 bridgehead atoms. The second kappa shape index (κ2) is 9.75. The van der Waals surface area contributed by atoms with E-state index in [0.29, 0.717) is 10.6 Å². The van der Waals surface area contributed by atoms with Crippen molar-refractivity contribution in [3.63, 3.8) is 0 Å². The van der Waals surface area contributed by atoms with Crippen molar-refractivity contribution < 1.29 is 33.4 Å². The molecule has 1 fully saturated rings. The zero-order valence-corrected chi connectivity index (χ0v) is 16.9.